The van der Waals surface area contributed by atoms with Crippen molar-refractivity contribution in [1.82, 2.24) is 19.7 Å². The Kier molecular flexibility index (Phi) is 4.08. The standard InChI is InChI=1S/C19H18N6O2/c1-11-15(17(20)26)16(12-6-8-21-9-7-12)25-19(22-11)23-18(24-25)13-4-3-5-14(10-13)27-2/h3-10,16H,1-2H3,(H2,20,26)(H,22,23,24)/t16-/m0/s1. The SMILES string of the molecule is COc1cccc(-c2nc3n(n2)[C@@H](c2ccncc2)C(C(N)=O)=C(C)N3)c1. The maximum Gasteiger partial charge on any atom is 0.248 e. The number of allylic oxidation sites excluding steroid dienone is 1. The van der Waals surface area contributed by atoms with Crippen LogP contribution in [0.1, 0.15) is 18.5 Å². The summed E-state index contributed by atoms with van der Waals surface area (Å²) in [5.41, 5.74) is 8.42. The third-order valence-corrected chi connectivity index (χ3v) is 4.47. The first-order valence-corrected chi connectivity index (χ1v) is 8.37. The van der Waals surface area contributed by atoms with Gasteiger partial charge in [0.25, 0.3) is 0 Å². The number of ether oxygens (including phenoxy) is 1. The quantitative estimate of drug-likeness (QED) is 0.736. The molecule has 3 N–H and O–H groups in total. The Morgan fingerprint density at radius 2 is 2.04 bits per heavy atom. The zero-order chi connectivity index (χ0) is 19.0. The maximum absolute atomic E-state index is 12.1. The van der Waals surface area contributed by atoms with Gasteiger partial charge in [-0.1, -0.05) is 12.1 Å². The molecule has 0 saturated heterocycles. The van der Waals surface area contributed by atoms with Crippen molar-refractivity contribution in [3.63, 3.8) is 0 Å². The Morgan fingerprint density at radius 1 is 1.26 bits per heavy atom. The van der Waals surface area contributed by atoms with Crippen LogP contribution in [0, 0.1) is 0 Å². The fraction of sp³-hybridized carbons (Fsp3) is 0.158. The molecule has 1 aromatic carbocycles. The lowest BCUT2D eigenvalue weighted by Crippen LogP contribution is -2.31. The number of pyridine rings is 1. The van der Waals surface area contributed by atoms with Crippen LogP contribution in [-0.2, 0) is 4.79 Å². The molecule has 0 saturated carbocycles. The van der Waals surface area contributed by atoms with Crippen molar-refractivity contribution in [1.29, 1.82) is 0 Å². The molecular weight excluding hydrogens is 344 g/mol. The van der Waals surface area contributed by atoms with Crippen LogP contribution in [0.5, 0.6) is 5.75 Å². The Morgan fingerprint density at radius 3 is 2.74 bits per heavy atom. The van der Waals surface area contributed by atoms with Gasteiger partial charge in [-0.25, -0.2) is 4.68 Å². The van der Waals surface area contributed by atoms with Crippen molar-refractivity contribution in [2.75, 3.05) is 12.4 Å². The van der Waals surface area contributed by atoms with E-state index in [1.54, 1.807) is 31.1 Å². The van der Waals surface area contributed by atoms with Crippen LogP contribution >= 0.6 is 0 Å². The molecule has 1 amide bonds. The predicted octanol–water partition coefficient (Wildman–Crippen LogP) is 2.12. The average Bonchev–Trinajstić information content (AvgIpc) is 3.11. The number of fused-ring (bicyclic) bond motifs is 1. The van der Waals surface area contributed by atoms with Gasteiger partial charge in [0.1, 0.15) is 11.8 Å². The lowest BCUT2D eigenvalue weighted by atomic mass is 9.96. The monoisotopic (exact) mass is 362 g/mol. The van der Waals surface area contributed by atoms with Crippen molar-refractivity contribution in [3.8, 4) is 17.1 Å². The number of methoxy groups -OCH3 is 1. The molecule has 27 heavy (non-hydrogen) atoms. The van der Waals surface area contributed by atoms with E-state index in [4.69, 9.17) is 10.5 Å². The number of hydrogen-bond donors (Lipinski definition) is 2. The van der Waals surface area contributed by atoms with E-state index in [-0.39, 0.29) is 0 Å². The normalized spacial score (nSPS) is 15.9. The molecule has 1 atom stereocenters. The number of amides is 1. The first kappa shape index (κ1) is 16.8. The van der Waals surface area contributed by atoms with Gasteiger partial charge in [-0.15, -0.1) is 5.10 Å². The summed E-state index contributed by atoms with van der Waals surface area (Å²) in [6, 6.07) is 10.7. The number of nitrogens with two attached hydrogens (primary N) is 1. The first-order chi connectivity index (χ1) is 13.1. The highest BCUT2D eigenvalue weighted by atomic mass is 16.5. The third-order valence-electron chi connectivity index (χ3n) is 4.47. The number of aromatic nitrogens is 4. The van der Waals surface area contributed by atoms with Gasteiger partial charge < -0.3 is 15.8 Å². The van der Waals surface area contributed by atoms with Gasteiger partial charge in [-0.2, -0.15) is 4.98 Å². The summed E-state index contributed by atoms with van der Waals surface area (Å²) in [4.78, 5) is 20.8. The van der Waals surface area contributed by atoms with E-state index in [1.165, 1.54) is 0 Å². The van der Waals surface area contributed by atoms with Crippen LogP contribution in [0.15, 0.2) is 60.1 Å². The van der Waals surface area contributed by atoms with Crippen molar-refractivity contribution >= 4 is 11.9 Å². The third kappa shape index (κ3) is 2.91. The summed E-state index contributed by atoms with van der Waals surface area (Å²) in [5, 5.41) is 7.78. The molecular formula is C19H18N6O2. The van der Waals surface area contributed by atoms with Gasteiger partial charge in [0.15, 0.2) is 5.82 Å². The number of primary amides is 1. The first-order valence-electron chi connectivity index (χ1n) is 8.37. The highest BCUT2D eigenvalue weighted by molar-refractivity contribution is 5.95. The molecule has 0 aliphatic carbocycles. The van der Waals surface area contributed by atoms with E-state index in [1.807, 2.05) is 36.4 Å². The molecule has 1 aliphatic rings. The summed E-state index contributed by atoms with van der Waals surface area (Å²) in [5.74, 6) is 1.27. The van der Waals surface area contributed by atoms with Crippen LogP contribution < -0.4 is 15.8 Å². The fourth-order valence-electron chi connectivity index (χ4n) is 3.21. The Bertz CT molecular complexity index is 1040. The van der Waals surface area contributed by atoms with E-state index in [0.717, 1.165) is 11.1 Å². The Labute approximate surface area is 155 Å². The number of rotatable bonds is 4. The molecule has 3 heterocycles. The molecule has 1 aliphatic heterocycles. The molecule has 8 nitrogen and oxygen atoms in total. The molecule has 3 aromatic rings. The van der Waals surface area contributed by atoms with Crippen LogP contribution in [0.2, 0.25) is 0 Å². The molecule has 136 valence electrons. The lowest BCUT2D eigenvalue weighted by Gasteiger charge is -2.27. The van der Waals surface area contributed by atoms with Gasteiger partial charge in [0, 0.05) is 23.7 Å². The van der Waals surface area contributed by atoms with E-state index < -0.39 is 11.9 Å². The minimum Gasteiger partial charge on any atom is -0.497 e. The second-order valence-corrected chi connectivity index (χ2v) is 6.15. The summed E-state index contributed by atoms with van der Waals surface area (Å²) >= 11 is 0. The molecule has 0 bridgehead atoms. The minimum absolute atomic E-state index is 0.441. The van der Waals surface area contributed by atoms with Crippen LogP contribution in [-0.4, -0.2) is 32.8 Å². The largest absolute Gasteiger partial charge is 0.497 e. The summed E-state index contributed by atoms with van der Waals surface area (Å²) in [6.07, 6.45) is 3.34. The highest BCUT2D eigenvalue weighted by Crippen LogP contribution is 2.36. The molecule has 0 radical (unpaired) electrons. The van der Waals surface area contributed by atoms with Gasteiger partial charge >= 0.3 is 0 Å². The van der Waals surface area contributed by atoms with Crippen molar-refractivity contribution in [3.05, 3.63) is 65.6 Å². The van der Waals surface area contributed by atoms with Crippen LogP contribution in [0.3, 0.4) is 0 Å². The van der Waals surface area contributed by atoms with E-state index in [0.29, 0.717) is 28.8 Å². The lowest BCUT2D eigenvalue weighted by molar-refractivity contribution is -0.115. The predicted molar refractivity (Wildman–Crippen MR) is 99.9 cm³/mol. The molecule has 4 rings (SSSR count). The van der Waals surface area contributed by atoms with Crippen LogP contribution in [0.4, 0.5) is 5.95 Å². The second-order valence-electron chi connectivity index (χ2n) is 6.15. The van der Waals surface area contributed by atoms with Gasteiger partial charge in [0.2, 0.25) is 11.9 Å². The molecule has 0 unspecified atom stereocenters. The van der Waals surface area contributed by atoms with E-state index >= 15 is 0 Å². The number of nitrogens with one attached hydrogen (secondary N) is 1. The highest BCUT2D eigenvalue weighted by Gasteiger charge is 2.33. The minimum atomic E-state index is -0.508. The summed E-state index contributed by atoms with van der Waals surface area (Å²) in [6.45, 7) is 1.80. The van der Waals surface area contributed by atoms with E-state index in [9.17, 15) is 4.79 Å². The summed E-state index contributed by atoms with van der Waals surface area (Å²) < 4.78 is 6.96. The number of carbonyl (C=O) groups is 1. The molecule has 0 fully saturated rings. The second kappa shape index (κ2) is 6.56. The van der Waals surface area contributed by atoms with Crippen molar-refractivity contribution < 1.29 is 9.53 Å². The average molecular weight is 362 g/mol. The summed E-state index contributed by atoms with van der Waals surface area (Å²) in [7, 11) is 1.61. The number of benzene rings is 1. The van der Waals surface area contributed by atoms with Gasteiger partial charge in [-0.3, -0.25) is 9.78 Å². The molecule has 8 heteroatoms. The topological polar surface area (TPSA) is 108 Å². The fourth-order valence-corrected chi connectivity index (χ4v) is 3.21. The van der Waals surface area contributed by atoms with E-state index in [2.05, 4.69) is 20.4 Å². The number of carbonyl (C=O) groups excluding carboxylic acids is 1. The molecule has 2 aromatic heterocycles. The van der Waals surface area contributed by atoms with Crippen LogP contribution in [0.25, 0.3) is 11.4 Å². The van der Waals surface area contributed by atoms with Gasteiger partial charge in [0.05, 0.1) is 12.7 Å². The van der Waals surface area contributed by atoms with Crippen molar-refractivity contribution in [2.24, 2.45) is 5.73 Å². The number of hydrogen-bond acceptors (Lipinski definition) is 6. The zero-order valence-corrected chi connectivity index (χ0v) is 14.9. The van der Waals surface area contributed by atoms with Gasteiger partial charge in [-0.05, 0) is 36.8 Å². The maximum atomic E-state index is 12.1. The Hall–Kier alpha value is -3.68. The molecule has 0 spiro atoms. The van der Waals surface area contributed by atoms with Crippen molar-refractivity contribution in [2.45, 2.75) is 13.0 Å². The smallest absolute Gasteiger partial charge is 0.248 e. The zero-order valence-electron chi connectivity index (χ0n) is 14.9. The number of anilines is 1. The Balaban J connectivity index is 1.86. The number of nitrogens with zero attached hydrogens (tertiary/aromatic N) is 4.